The normalized spacial score (nSPS) is 20.1. The van der Waals surface area contributed by atoms with Gasteiger partial charge in [0.25, 0.3) is 0 Å². The van der Waals surface area contributed by atoms with Crippen molar-refractivity contribution in [3.8, 4) is 5.75 Å². The topological polar surface area (TPSA) is 60.8 Å². The van der Waals surface area contributed by atoms with Crippen LogP contribution in [0.4, 0.5) is 0 Å². The van der Waals surface area contributed by atoms with Gasteiger partial charge in [-0.15, -0.1) is 0 Å². The van der Waals surface area contributed by atoms with Crippen molar-refractivity contribution in [2.24, 2.45) is 0 Å². The van der Waals surface area contributed by atoms with E-state index in [1.807, 2.05) is 6.07 Å². The van der Waals surface area contributed by atoms with Crippen LogP contribution in [0.5, 0.6) is 5.75 Å². The van der Waals surface area contributed by atoms with Gasteiger partial charge >= 0.3 is 0 Å². The molecule has 0 radical (unpaired) electrons. The number of nitrogens with zero attached hydrogens (tertiary/aromatic N) is 1. The SMILES string of the molecule is O=C(Cc1cccc(O)c1)N1CC[C@H](O)C1. The average molecular weight is 221 g/mol. The number of rotatable bonds is 2. The second-order valence-corrected chi connectivity index (χ2v) is 4.13. The highest BCUT2D eigenvalue weighted by Gasteiger charge is 2.24. The van der Waals surface area contributed by atoms with Gasteiger partial charge in [-0.25, -0.2) is 0 Å². The van der Waals surface area contributed by atoms with E-state index >= 15 is 0 Å². The molecule has 2 rings (SSSR count). The number of carbonyl (C=O) groups is 1. The van der Waals surface area contributed by atoms with Gasteiger partial charge in [0, 0.05) is 13.1 Å². The summed E-state index contributed by atoms with van der Waals surface area (Å²) in [5, 5.41) is 18.6. The average Bonchev–Trinajstić information content (AvgIpc) is 2.65. The number of likely N-dealkylation sites (tertiary alicyclic amines) is 1. The minimum atomic E-state index is -0.381. The van der Waals surface area contributed by atoms with Crippen molar-refractivity contribution in [3.63, 3.8) is 0 Å². The fraction of sp³-hybridized carbons (Fsp3) is 0.417. The lowest BCUT2D eigenvalue weighted by molar-refractivity contribution is -0.129. The van der Waals surface area contributed by atoms with Crippen LogP contribution in [0.25, 0.3) is 0 Å². The van der Waals surface area contributed by atoms with Crippen molar-refractivity contribution in [2.75, 3.05) is 13.1 Å². The Kier molecular flexibility index (Phi) is 3.10. The highest BCUT2D eigenvalue weighted by atomic mass is 16.3. The summed E-state index contributed by atoms with van der Waals surface area (Å²) in [6.07, 6.45) is 0.556. The predicted molar refractivity (Wildman–Crippen MR) is 59.0 cm³/mol. The maximum Gasteiger partial charge on any atom is 0.227 e. The lowest BCUT2D eigenvalue weighted by atomic mass is 10.1. The molecule has 1 atom stereocenters. The van der Waals surface area contributed by atoms with Crippen LogP contribution in [0.2, 0.25) is 0 Å². The maximum absolute atomic E-state index is 11.8. The van der Waals surface area contributed by atoms with Gasteiger partial charge in [-0.3, -0.25) is 4.79 Å². The monoisotopic (exact) mass is 221 g/mol. The van der Waals surface area contributed by atoms with Crippen LogP contribution in [0.3, 0.4) is 0 Å². The van der Waals surface area contributed by atoms with E-state index in [0.717, 1.165) is 5.56 Å². The molecule has 0 aliphatic carbocycles. The molecule has 1 amide bonds. The molecule has 1 aromatic rings. The molecule has 1 aliphatic heterocycles. The summed E-state index contributed by atoms with van der Waals surface area (Å²) < 4.78 is 0. The molecule has 0 spiro atoms. The van der Waals surface area contributed by atoms with Crippen molar-refractivity contribution < 1.29 is 15.0 Å². The van der Waals surface area contributed by atoms with Crippen molar-refractivity contribution in [2.45, 2.75) is 18.9 Å². The number of aliphatic hydroxyl groups excluding tert-OH is 1. The summed E-state index contributed by atoms with van der Waals surface area (Å²) in [7, 11) is 0. The second-order valence-electron chi connectivity index (χ2n) is 4.13. The Balaban J connectivity index is 1.97. The molecule has 4 heteroatoms. The van der Waals surface area contributed by atoms with Gasteiger partial charge < -0.3 is 15.1 Å². The zero-order chi connectivity index (χ0) is 11.5. The maximum atomic E-state index is 11.8. The van der Waals surface area contributed by atoms with Gasteiger partial charge in [0.2, 0.25) is 5.91 Å². The van der Waals surface area contributed by atoms with Crippen LogP contribution in [0, 0.1) is 0 Å². The number of aromatic hydroxyl groups is 1. The van der Waals surface area contributed by atoms with Gasteiger partial charge in [-0.1, -0.05) is 12.1 Å². The van der Waals surface area contributed by atoms with Crippen LogP contribution in [-0.2, 0) is 11.2 Å². The number of benzene rings is 1. The third-order valence-corrected chi connectivity index (χ3v) is 2.78. The lowest BCUT2D eigenvalue weighted by Crippen LogP contribution is -2.30. The summed E-state index contributed by atoms with van der Waals surface area (Å²) in [5.41, 5.74) is 0.798. The molecular formula is C12H15NO3. The predicted octanol–water partition coefficient (Wildman–Crippen LogP) is 0.528. The van der Waals surface area contributed by atoms with E-state index in [2.05, 4.69) is 0 Å². The first-order valence-electron chi connectivity index (χ1n) is 5.39. The van der Waals surface area contributed by atoms with E-state index in [0.29, 0.717) is 19.5 Å². The fourth-order valence-corrected chi connectivity index (χ4v) is 1.92. The van der Waals surface area contributed by atoms with E-state index in [-0.39, 0.29) is 24.2 Å². The molecule has 16 heavy (non-hydrogen) atoms. The number of carbonyl (C=O) groups excluding carboxylic acids is 1. The van der Waals surface area contributed by atoms with E-state index in [1.54, 1.807) is 23.1 Å². The molecule has 0 bridgehead atoms. The van der Waals surface area contributed by atoms with Crippen LogP contribution in [-0.4, -0.2) is 40.2 Å². The Morgan fingerprint density at radius 2 is 2.31 bits per heavy atom. The smallest absolute Gasteiger partial charge is 0.227 e. The van der Waals surface area contributed by atoms with Crippen LogP contribution < -0.4 is 0 Å². The van der Waals surface area contributed by atoms with Crippen molar-refractivity contribution in [1.29, 1.82) is 0 Å². The molecule has 2 N–H and O–H groups in total. The zero-order valence-corrected chi connectivity index (χ0v) is 8.97. The molecule has 0 saturated carbocycles. The quantitative estimate of drug-likeness (QED) is 0.765. The first-order valence-corrected chi connectivity index (χ1v) is 5.39. The summed E-state index contributed by atoms with van der Waals surface area (Å²) in [6, 6.07) is 6.69. The summed E-state index contributed by atoms with van der Waals surface area (Å²) in [4.78, 5) is 13.5. The van der Waals surface area contributed by atoms with Gasteiger partial charge in [-0.2, -0.15) is 0 Å². The Hall–Kier alpha value is -1.55. The highest BCUT2D eigenvalue weighted by molar-refractivity contribution is 5.79. The van der Waals surface area contributed by atoms with E-state index in [1.165, 1.54) is 0 Å². The minimum absolute atomic E-state index is 0.00199. The van der Waals surface area contributed by atoms with Crippen LogP contribution >= 0.6 is 0 Å². The molecule has 0 aromatic heterocycles. The number of phenols is 1. The molecule has 1 aliphatic rings. The Morgan fingerprint density at radius 3 is 2.94 bits per heavy atom. The number of β-amino-alcohol motifs (C(OH)–C–C–N with tert-alkyl or cyclic N) is 1. The second kappa shape index (κ2) is 4.53. The molecule has 1 fully saturated rings. The first-order chi connectivity index (χ1) is 7.65. The number of hydrogen-bond acceptors (Lipinski definition) is 3. The van der Waals surface area contributed by atoms with E-state index in [9.17, 15) is 15.0 Å². The molecule has 1 aromatic carbocycles. The zero-order valence-electron chi connectivity index (χ0n) is 8.97. The van der Waals surface area contributed by atoms with Gasteiger partial charge in [0.1, 0.15) is 5.75 Å². The van der Waals surface area contributed by atoms with Gasteiger partial charge in [-0.05, 0) is 24.1 Å². The molecule has 1 saturated heterocycles. The molecule has 86 valence electrons. The van der Waals surface area contributed by atoms with E-state index in [4.69, 9.17) is 0 Å². The van der Waals surface area contributed by atoms with Crippen LogP contribution in [0.15, 0.2) is 24.3 Å². The Bertz CT molecular complexity index is 392. The molecule has 1 heterocycles. The third kappa shape index (κ3) is 2.52. The van der Waals surface area contributed by atoms with Crippen LogP contribution in [0.1, 0.15) is 12.0 Å². The lowest BCUT2D eigenvalue weighted by Gasteiger charge is -2.15. The summed E-state index contributed by atoms with van der Waals surface area (Å²) in [6.45, 7) is 1.05. The Morgan fingerprint density at radius 1 is 1.50 bits per heavy atom. The minimum Gasteiger partial charge on any atom is -0.508 e. The van der Waals surface area contributed by atoms with Crippen molar-refractivity contribution >= 4 is 5.91 Å². The standard InChI is InChI=1S/C12H15NO3/c14-10-3-1-2-9(6-10)7-12(16)13-5-4-11(15)8-13/h1-3,6,11,14-15H,4-5,7-8H2/t11-/m0/s1. The number of aliphatic hydroxyl groups is 1. The number of amides is 1. The molecular weight excluding hydrogens is 206 g/mol. The number of phenolic OH excluding ortho intramolecular Hbond substituents is 1. The largest absolute Gasteiger partial charge is 0.508 e. The highest BCUT2D eigenvalue weighted by Crippen LogP contribution is 2.14. The van der Waals surface area contributed by atoms with Crippen molar-refractivity contribution in [3.05, 3.63) is 29.8 Å². The van der Waals surface area contributed by atoms with Gasteiger partial charge in [0.05, 0.1) is 12.5 Å². The first kappa shape index (κ1) is 11.0. The van der Waals surface area contributed by atoms with Gasteiger partial charge in [0.15, 0.2) is 0 Å². The van der Waals surface area contributed by atoms with E-state index < -0.39 is 0 Å². The van der Waals surface area contributed by atoms with Crippen molar-refractivity contribution in [1.82, 2.24) is 4.90 Å². The number of hydrogen-bond donors (Lipinski definition) is 2. The molecule has 4 nitrogen and oxygen atoms in total. The fourth-order valence-electron chi connectivity index (χ4n) is 1.92. The summed E-state index contributed by atoms with van der Waals surface area (Å²) in [5.74, 6) is 0.175. The Labute approximate surface area is 94.1 Å². The molecule has 0 unspecified atom stereocenters. The third-order valence-electron chi connectivity index (χ3n) is 2.78. The summed E-state index contributed by atoms with van der Waals surface area (Å²) >= 11 is 0.